The number of nitrogens with two attached hydrogens (primary N) is 1. The fraction of sp³-hybridized carbons (Fsp3) is 0.667. The van der Waals surface area contributed by atoms with Gasteiger partial charge in [-0.2, -0.15) is 0 Å². The standard InChI is InChI=1S/C24H34N10O6S/c1-10-19-18(11(2)29-17(36)8-33-9-28-30-31-33)23(38)34(19)20(24(39)40)21(10)41-13-4-14(27-5-13)22(37)32-6-12(3-16(25)26)15(35)7-32/h9-15,18-19,27,35H,3-8H2,1-2H3,(H3,25,26)(H,29,36)(H,39,40)/t10-,11-,12-,13+,14+,15-,18-,19-/m1/s1. The Morgan fingerprint density at radius 1 is 1.34 bits per heavy atom. The fourth-order valence-corrected chi connectivity index (χ4v) is 7.86. The van der Waals surface area contributed by atoms with Crippen molar-refractivity contribution in [3.05, 3.63) is 16.9 Å². The smallest absolute Gasteiger partial charge is 0.353 e. The van der Waals surface area contributed by atoms with Crippen LogP contribution in [0.15, 0.2) is 16.9 Å². The van der Waals surface area contributed by atoms with Crippen molar-refractivity contribution in [1.29, 1.82) is 5.41 Å². The largest absolute Gasteiger partial charge is 0.477 e. The summed E-state index contributed by atoms with van der Waals surface area (Å²) < 4.78 is 1.26. The van der Waals surface area contributed by atoms with Crippen molar-refractivity contribution in [2.24, 2.45) is 23.5 Å². The summed E-state index contributed by atoms with van der Waals surface area (Å²) >= 11 is 1.38. The number of carboxylic acids is 1. The monoisotopic (exact) mass is 590 g/mol. The van der Waals surface area contributed by atoms with E-state index in [9.17, 15) is 29.4 Å². The molecule has 3 saturated heterocycles. The summed E-state index contributed by atoms with van der Waals surface area (Å²) in [6, 6.07) is -1.42. The first-order valence-electron chi connectivity index (χ1n) is 13.5. The second kappa shape index (κ2) is 11.4. The molecule has 222 valence electrons. The molecule has 0 radical (unpaired) electrons. The van der Waals surface area contributed by atoms with Crippen molar-refractivity contribution in [3.63, 3.8) is 0 Å². The van der Waals surface area contributed by atoms with Crippen molar-refractivity contribution in [2.45, 2.75) is 62.7 Å². The normalized spacial score (nSPS) is 31.7. The number of carboxylic acid groups (broad SMARTS) is 1. The number of carbonyl (C=O) groups is 4. The SMILES string of the molecule is C[C@@H](NC(=O)Cn1cnnn1)[C@H]1C(=O)N2C(C(=O)O)=C(S[C@@H]3CN[C@H](C(=O)N4C[C@@H](CC(=N)N)[C@H](O)C4)C3)[C@H](C)[C@H]12. The number of rotatable bonds is 10. The van der Waals surface area contributed by atoms with Crippen LogP contribution in [0.3, 0.4) is 0 Å². The molecule has 0 saturated carbocycles. The molecule has 4 aliphatic rings. The molecule has 4 aliphatic heterocycles. The minimum atomic E-state index is -1.19. The van der Waals surface area contributed by atoms with Crippen molar-refractivity contribution in [1.82, 2.24) is 40.6 Å². The quantitative estimate of drug-likeness (QED) is 0.0948. The highest BCUT2D eigenvalue weighted by Crippen LogP contribution is 2.51. The maximum atomic E-state index is 13.2. The number of hydrogen-bond acceptors (Lipinski definition) is 11. The number of tetrazole rings is 1. The average Bonchev–Trinajstić information content (AvgIpc) is 3.68. The van der Waals surface area contributed by atoms with E-state index in [1.165, 1.54) is 27.7 Å². The Morgan fingerprint density at radius 2 is 2.10 bits per heavy atom. The molecule has 17 heteroatoms. The van der Waals surface area contributed by atoms with Gasteiger partial charge in [-0.05, 0) is 23.8 Å². The van der Waals surface area contributed by atoms with Crippen molar-refractivity contribution in [2.75, 3.05) is 19.6 Å². The zero-order chi connectivity index (χ0) is 29.6. The Labute approximate surface area is 239 Å². The maximum Gasteiger partial charge on any atom is 0.353 e. The number of amides is 3. The summed E-state index contributed by atoms with van der Waals surface area (Å²) in [4.78, 5) is 54.6. The van der Waals surface area contributed by atoms with E-state index in [0.717, 1.165) is 0 Å². The summed E-state index contributed by atoms with van der Waals surface area (Å²) in [5.74, 6) is -3.21. The molecule has 16 nitrogen and oxygen atoms in total. The molecule has 1 aromatic rings. The molecule has 0 aromatic carbocycles. The molecule has 5 heterocycles. The van der Waals surface area contributed by atoms with E-state index in [-0.39, 0.29) is 65.9 Å². The van der Waals surface area contributed by atoms with Crippen molar-refractivity contribution >= 4 is 41.3 Å². The van der Waals surface area contributed by atoms with Gasteiger partial charge in [-0.1, -0.05) is 6.92 Å². The van der Waals surface area contributed by atoms with Crippen molar-refractivity contribution < 1.29 is 29.4 Å². The fourth-order valence-electron chi connectivity index (χ4n) is 6.38. The third-order valence-corrected chi connectivity index (χ3v) is 9.81. The van der Waals surface area contributed by atoms with Gasteiger partial charge in [0.2, 0.25) is 17.7 Å². The van der Waals surface area contributed by atoms with E-state index in [0.29, 0.717) is 24.4 Å². The number of hydrogen-bond donors (Lipinski definition) is 6. The van der Waals surface area contributed by atoms with E-state index in [4.69, 9.17) is 11.1 Å². The van der Waals surface area contributed by atoms with Crippen LogP contribution < -0.4 is 16.4 Å². The van der Waals surface area contributed by atoms with Crippen LogP contribution in [-0.4, -0.2) is 119 Å². The predicted octanol–water partition coefficient (Wildman–Crippen LogP) is -2.44. The first kappa shape index (κ1) is 28.9. The topological polar surface area (TPSA) is 233 Å². The molecular formula is C24H34N10O6S. The van der Waals surface area contributed by atoms with Crippen LogP contribution in [0.1, 0.15) is 26.7 Å². The van der Waals surface area contributed by atoms with Crippen LogP contribution in [0.4, 0.5) is 0 Å². The Hall–Kier alpha value is -3.57. The number of β-lactam (4-membered cyclic amide) rings is 1. The summed E-state index contributed by atoms with van der Waals surface area (Å²) in [6.45, 7) is 4.49. The lowest BCUT2D eigenvalue weighted by atomic mass is 9.78. The van der Waals surface area contributed by atoms with Gasteiger partial charge in [-0.15, -0.1) is 16.9 Å². The van der Waals surface area contributed by atoms with Crippen LogP contribution in [-0.2, 0) is 25.7 Å². The van der Waals surface area contributed by atoms with E-state index < -0.39 is 36.1 Å². The molecule has 1 aromatic heterocycles. The van der Waals surface area contributed by atoms with E-state index >= 15 is 0 Å². The number of β-amino-alcohol motifs (C(OH)–C–C–N with tert-alkyl or cyclic N) is 1. The zero-order valence-corrected chi connectivity index (χ0v) is 23.5. The zero-order valence-electron chi connectivity index (χ0n) is 22.6. The van der Waals surface area contributed by atoms with Gasteiger partial charge in [-0.25, -0.2) is 9.48 Å². The Kier molecular flexibility index (Phi) is 8.02. The molecule has 8 atom stereocenters. The number of aromatic nitrogens is 4. The van der Waals surface area contributed by atoms with Gasteiger partial charge in [0.15, 0.2) is 0 Å². The molecule has 5 rings (SSSR count). The second-order valence-electron chi connectivity index (χ2n) is 11.1. The Bertz CT molecular complexity index is 1270. The van der Waals surface area contributed by atoms with Crippen molar-refractivity contribution in [3.8, 4) is 0 Å². The number of likely N-dealkylation sites (tertiary alicyclic amines) is 1. The second-order valence-corrected chi connectivity index (χ2v) is 12.5. The molecule has 3 amide bonds. The minimum Gasteiger partial charge on any atom is -0.477 e. The highest BCUT2D eigenvalue weighted by atomic mass is 32.2. The lowest BCUT2D eigenvalue weighted by molar-refractivity contribution is -0.158. The van der Waals surface area contributed by atoms with Gasteiger partial charge < -0.3 is 36.4 Å². The number of carbonyl (C=O) groups excluding carboxylic acids is 3. The average molecular weight is 591 g/mol. The lowest BCUT2D eigenvalue weighted by Gasteiger charge is -2.47. The molecule has 0 unspecified atom stereocenters. The number of thioether (sulfide) groups is 1. The van der Waals surface area contributed by atoms with Gasteiger partial charge in [0, 0.05) is 54.1 Å². The molecule has 41 heavy (non-hydrogen) atoms. The highest BCUT2D eigenvalue weighted by molar-refractivity contribution is 8.03. The molecule has 3 fully saturated rings. The summed E-state index contributed by atoms with van der Waals surface area (Å²) in [5, 5.41) is 44.4. The predicted molar refractivity (Wildman–Crippen MR) is 144 cm³/mol. The molecule has 7 N–H and O–H groups in total. The first-order valence-corrected chi connectivity index (χ1v) is 14.3. The van der Waals surface area contributed by atoms with Crippen LogP contribution in [0.5, 0.6) is 0 Å². The van der Waals surface area contributed by atoms with Gasteiger partial charge in [0.25, 0.3) is 0 Å². The lowest BCUT2D eigenvalue weighted by Crippen LogP contribution is -2.66. The summed E-state index contributed by atoms with van der Waals surface area (Å²) in [6.07, 6.45) is 1.26. The number of aliphatic hydroxyl groups is 1. The van der Waals surface area contributed by atoms with Gasteiger partial charge in [-0.3, -0.25) is 19.8 Å². The van der Waals surface area contributed by atoms with Crippen LogP contribution >= 0.6 is 11.8 Å². The third kappa shape index (κ3) is 5.52. The summed E-state index contributed by atoms with van der Waals surface area (Å²) in [7, 11) is 0. The number of fused-ring (bicyclic) bond motifs is 1. The number of aliphatic carboxylic acids is 1. The third-order valence-electron chi connectivity index (χ3n) is 8.30. The molecule has 0 spiro atoms. The van der Waals surface area contributed by atoms with Crippen LogP contribution in [0, 0.1) is 23.2 Å². The molecule has 0 bridgehead atoms. The Morgan fingerprint density at radius 3 is 2.76 bits per heavy atom. The number of nitrogens with one attached hydrogen (secondary N) is 3. The number of aliphatic hydroxyl groups excluding tert-OH is 1. The van der Waals surface area contributed by atoms with E-state index in [2.05, 4.69) is 26.2 Å². The van der Waals surface area contributed by atoms with E-state index in [1.54, 1.807) is 11.8 Å². The van der Waals surface area contributed by atoms with Gasteiger partial charge in [0.1, 0.15) is 18.6 Å². The molecule has 0 aliphatic carbocycles. The van der Waals surface area contributed by atoms with Crippen LogP contribution in [0.2, 0.25) is 0 Å². The van der Waals surface area contributed by atoms with Gasteiger partial charge >= 0.3 is 5.97 Å². The minimum absolute atomic E-state index is 0.0291. The maximum absolute atomic E-state index is 13.2. The number of amidine groups is 1. The Balaban J connectivity index is 1.21. The van der Waals surface area contributed by atoms with Gasteiger partial charge in [0.05, 0.1) is 29.9 Å². The molecular weight excluding hydrogens is 556 g/mol. The van der Waals surface area contributed by atoms with Crippen LogP contribution in [0.25, 0.3) is 0 Å². The number of nitrogens with zero attached hydrogens (tertiary/aromatic N) is 6. The first-order chi connectivity index (χ1) is 19.5. The highest BCUT2D eigenvalue weighted by Gasteiger charge is 2.60. The summed E-state index contributed by atoms with van der Waals surface area (Å²) in [5.41, 5.74) is 5.44. The van der Waals surface area contributed by atoms with E-state index in [1.807, 2.05) is 6.92 Å².